The lowest BCUT2D eigenvalue weighted by molar-refractivity contribution is 0.420. The van der Waals surface area contributed by atoms with Crippen molar-refractivity contribution < 1.29 is 12.9 Å². The van der Waals surface area contributed by atoms with Gasteiger partial charge in [0.15, 0.2) is 0 Å². The highest BCUT2D eigenvalue weighted by Crippen LogP contribution is 2.23. The molecule has 2 rings (SSSR count). The molecule has 0 spiro atoms. The van der Waals surface area contributed by atoms with E-state index in [4.69, 9.17) is 5.73 Å². The summed E-state index contributed by atoms with van der Waals surface area (Å²) in [6, 6.07) is 3.00. The lowest BCUT2D eigenvalue weighted by Crippen LogP contribution is -2.13. The van der Waals surface area contributed by atoms with E-state index >= 15 is 0 Å². The molecule has 0 amide bonds. The molecule has 3 N–H and O–H groups in total. The van der Waals surface area contributed by atoms with Crippen LogP contribution in [0.5, 0.6) is 0 Å². The number of anilines is 2. The highest BCUT2D eigenvalue weighted by molar-refractivity contribution is 7.92. The van der Waals surface area contributed by atoms with E-state index < -0.39 is 10.0 Å². The third-order valence-corrected chi connectivity index (χ3v) is 4.04. The van der Waals surface area contributed by atoms with Crippen LogP contribution in [0.25, 0.3) is 0 Å². The van der Waals surface area contributed by atoms with Crippen LogP contribution in [0.4, 0.5) is 11.4 Å². The molecule has 0 radical (unpaired) electrons. The third kappa shape index (κ3) is 2.30. The van der Waals surface area contributed by atoms with Gasteiger partial charge in [-0.2, -0.15) is 0 Å². The highest BCUT2D eigenvalue weighted by atomic mass is 32.2. The molecule has 0 aliphatic rings. The van der Waals surface area contributed by atoms with Crippen LogP contribution in [-0.2, 0) is 10.0 Å². The number of hydrogen-bond donors (Lipinski definition) is 2. The molecule has 0 unspecified atom stereocenters. The van der Waals surface area contributed by atoms with Crippen molar-refractivity contribution >= 4 is 21.4 Å². The summed E-state index contributed by atoms with van der Waals surface area (Å²) in [6.45, 7) is 3.65. The monoisotopic (exact) mass is 267 g/mol. The molecule has 1 heterocycles. The summed E-state index contributed by atoms with van der Waals surface area (Å²) >= 11 is 0. The van der Waals surface area contributed by atoms with Crippen molar-refractivity contribution in [2.24, 2.45) is 0 Å². The van der Waals surface area contributed by atoms with Crippen molar-refractivity contribution in [3.05, 3.63) is 35.7 Å². The molecule has 0 fully saturated rings. The van der Waals surface area contributed by atoms with Crippen LogP contribution in [0.15, 0.2) is 34.0 Å². The molecule has 0 aliphatic heterocycles. The first-order valence-electron chi connectivity index (χ1n) is 5.19. The number of nitrogens with one attached hydrogen (secondary N) is 1. The van der Waals surface area contributed by atoms with E-state index in [0.717, 1.165) is 11.1 Å². The predicted molar refractivity (Wildman–Crippen MR) is 67.6 cm³/mol. The Morgan fingerprint density at radius 1 is 1.33 bits per heavy atom. The maximum Gasteiger partial charge on any atom is 0.262 e. The van der Waals surface area contributed by atoms with Gasteiger partial charge in [0.1, 0.15) is 12.0 Å². The Bertz CT molecular complexity index is 640. The van der Waals surface area contributed by atoms with Gasteiger partial charge in [0.2, 0.25) is 0 Å². The largest absolute Gasteiger partial charge is 0.398 e. The first-order valence-corrected chi connectivity index (χ1v) is 6.67. The molecule has 0 saturated heterocycles. The van der Waals surface area contributed by atoms with E-state index in [-0.39, 0.29) is 10.6 Å². The van der Waals surface area contributed by atoms with E-state index in [1.165, 1.54) is 18.5 Å². The van der Waals surface area contributed by atoms with Crippen LogP contribution >= 0.6 is 0 Å². The van der Waals surface area contributed by atoms with Crippen LogP contribution in [-0.4, -0.2) is 13.6 Å². The zero-order chi connectivity index (χ0) is 13.3. The van der Waals surface area contributed by atoms with Crippen molar-refractivity contribution in [1.29, 1.82) is 0 Å². The maximum absolute atomic E-state index is 12.1. The number of aromatic nitrogens is 1. The first kappa shape index (κ1) is 12.4. The van der Waals surface area contributed by atoms with E-state index in [1.54, 1.807) is 6.07 Å². The van der Waals surface area contributed by atoms with Gasteiger partial charge in [-0.1, -0.05) is 5.16 Å². The molecule has 96 valence electrons. The zero-order valence-corrected chi connectivity index (χ0v) is 10.8. The maximum atomic E-state index is 12.1. The minimum absolute atomic E-state index is 0.115. The first-order chi connectivity index (χ1) is 8.40. The Morgan fingerprint density at radius 2 is 2.06 bits per heavy atom. The number of benzene rings is 1. The molecule has 1 aromatic carbocycles. The number of hydrogen-bond acceptors (Lipinski definition) is 5. The van der Waals surface area contributed by atoms with Crippen molar-refractivity contribution in [1.82, 2.24) is 5.16 Å². The van der Waals surface area contributed by atoms with Crippen LogP contribution in [0, 0.1) is 13.8 Å². The van der Waals surface area contributed by atoms with Gasteiger partial charge in [-0.3, -0.25) is 4.72 Å². The van der Waals surface area contributed by atoms with Crippen LogP contribution in [0.1, 0.15) is 11.1 Å². The van der Waals surface area contributed by atoms with Crippen LogP contribution in [0.3, 0.4) is 0 Å². The SMILES string of the molecule is Cc1cc(S(=O)(=O)Nc2cnoc2)cc(N)c1C. The number of rotatable bonds is 3. The minimum atomic E-state index is -3.68. The quantitative estimate of drug-likeness (QED) is 0.824. The molecular weight excluding hydrogens is 254 g/mol. The highest BCUT2D eigenvalue weighted by Gasteiger charge is 2.17. The Kier molecular flexibility index (Phi) is 3.00. The molecule has 7 heteroatoms. The summed E-state index contributed by atoms with van der Waals surface area (Å²) in [5.74, 6) is 0. The Labute approximate surface area is 105 Å². The Balaban J connectivity index is 2.42. The number of nitrogens with two attached hydrogens (primary N) is 1. The molecule has 18 heavy (non-hydrogen) atoms. The molecular formula is C11H13N3O3S. The van der Waals surface area contributed by atoms with Crippen LogP contribution in [0.2, 0.25) is 0 Å². The summed E-state index contributed by atoms with van der Waals surface area (Å²) in [4.78, 5) is 0.115. The summed E-state index contributed by atoms with van der Waals surface area (Å²) in [5.41, 5.74) is 8.18. The lowest BCUT2D eigenvalue weighted by Gasteiger charge is -2.10. The van der Waals surface area contributed by atoms with E-state index in [0.29, 0.717) is 5.69 Å². The summed E-state index contributed by atoms with van der Waals surface area (Å²) in [6.07, 6.45) is 2.49. The van der Waals surface area contributed by atoms with Crippen molar-refractivity contribution in [3.63, 3.8) is 0 Å². The fourth-order valence-electron chi connectivity index (χ4n) is 1.48. The summed E-state index contributed by atoms with van der Waals surface area (Å²) < 4.78 is 31.1. The number of sulfonamides is 1. The minimum Gasteiger partial charge on any atom is -0.398 e. The van der Waals surface area contributed by atoms with Crippen LogP contribution < -0.4 is 10.5 Å². The van der Waals surface area contributed by atoms with Gasteiger partial charge in [0, 0.05) is 5.69 Å². The van der Waals surface area contributed by atoms with Crippen molar-refractivity contribution in [2.75, 3.05) is 10.5 Å². The van der Waals surface area contributed by atoms with E-state index in [1.807, 2.05) is 13.8 Å². The van der Waals surface area contributed by atoms with Gasteiger partial charge >= 0.3 is 0 Å². The van der Waals surface area contributed by atoms with E-state index in [9.17, 15) is 8.42 Å². The average Bonchev–Trinajstić information content (AvgIpc) is 2.77. The average molecular weight is 267 g/mol. The molecule has 0 bridgehead atoms. The van der Waals surface area contributed by atoms with Crippen molar-refractivity contribution in [2.45, 2.75) is 18.7 Å². The van der Waals surface area contributed by atoms with Gasteiger partial charge < -0.3 is 10.3 Å². The zero-order valence-electron chi connectivity index (χ0n) is 9.97. The molecule has 0 saturated carbocycles. The van der Waals surface area contributed by atoms with Crippen molar-refractivity contribution in [3.8, 4) is 0 Å². The molecule has 0 atom stereocenters. The lowest BCUT2D eigenvalue weighted by atomic mass is 10.1. The van der Waals surface area contributed by atoms with Gasteiger partial charge in [-0.25, -0.2) is 8.42 Å². The fourth-order valence-corrected chi connectivity index (χ4v) is 2.62. The van der Waals surface area contributed by atoms with Gasteiger partial charge in [-0.05, 0) is 37.1 Å². The molecule has 6 nitrogen and oxygen atoms in total. The molecule has 2 aromatic rings. The van der Waals surface area contributed by atoms with Gasteiger partial charge in [-0.15, -0.1) is 0 Å². The molecule has 0 aliphatic carbocycles. The second kappa shape index (κ2) is 4.34. The van der Waals surface area contributed by atoms with Gasteiger partial charge in [0.05, 0.1) is 11.1 Å². The smallest absolute Gasteiger partial charge is 0.262 e. The number of nitrogen functional groups attached to an aromatic ring is 1. The summed E-state index contributed by atoms with van der Waals surface area (Å²) in [7, 11) is -3.68. The topological polar surface area (TPSA) is 98.2 Å². The second-order valence-corrected chi connectivity index (χ2v) is 5.66. The standard InChI is InChI=1S/C11H13N3O3S/c1-7-3-10(4-11(12)8(7)2)18(15,16)14-9-5-13-17-6-9/h3-6,14H,12H2,1-2H3. The second-order valence-electron chi connectivity index (χ2n) is 3.97. The number of nitrogens with zero attached hydrogens (tertiary/aromatic N) is 1. The normalized spacial score (nSPS) is 11.4. The Morgan fingerprint density at radius 3 is 2.61 bits per heavy atom. The van der Waals surface area contributed by atoms with E-state index in [2.05, 4.69) is 14.4 Å². The number of aryl methyl sites for hydroxylation is 1. The Hall–Kier alpha value is -2.02. The van der Waals surface area contributed by atoms with Gasteiger partial charge in [0.25, 0.3) is 10.0 Å². The predicted octanol–water partition coefficient (Wildman–Crippen LogP) is 1.67. The summed E-state index contributed by atoms with van der Waals surface area (Å²) in [5, 5.41) is 3.42. The molecule has 1 aromatic heterocycles. The third-order valence-electron chi connectivity index (χ3n) is 2.68. The fraction of sp³-hybridized carbons (Fsp3) is 0.182.